The van der Waals surface area contributed by atoms with Crippen molar-refractivity contribution in [2.45, 2.75) is 84.9 Å². The molecule has 35 heavy (non-hydrogen) atoms. The molecule has 1 saturated heterocycles. The Morgan fingerprint density at radius 1 is 0.571 bits per heavy atom. The number of aryl methyl sites for hydroxylation is 4. The zero-order chi connectivity index (χ0) is 24.1. The van der Waals surface area contributed by atoms with Gasteiger partial charge in [0.25, 0.3) is 0 Å². The van der Waals surface area contributed by atoms with Crippen molar-refractivity contribution in [2.75, 3.05) is 0 Å². The second-order valence-corrected chi connectivity index (χ2v) is 30.0. The van der Waals surface area contributed by atoms with Crippen molar-refractivity contribution >= 4 is 12.2 Å². The van der Waals surface area contributed by atoms with E-state index in [4.69, 9.17) is 0 Å². The van der Waals surface area contributed by atoms with E-state index in [1.54, 1.807) is 41.8 Å². The number of hydrogen-bond donors (Lipinski definition) is 0. The molecule has 3 heteroatoms. The molecule has 5 rings (SSSR count). The summed E-state index contributed by atoms with van der Waals surface area (Å²) in [6.07, 6.45) is 5.28. The Hall–Kier alpha value is -0.630. The maximum absolute atomic E-state index is 2.86. The molecule has 1 aliphatic heterocycles. The van der Waals surface area contributed by atoms with Crippen molar-refractivity contribution in [1.29, 1.82) is 0 Å². The molecule has 0 aromatic heterocycles. The molecule has 2 atom stereocenters. The first-order valence-electron chi connectivity index (χ1n) is 12.9. The van der Waals surface area contributed by atoms with Gasteiger partial charge in [-0.15, -0.1) is 0 Å². The summed E-state index contributed by atoms with van der Waals surface area (Å²) < 4.78 is 4.55. The van der Waals surface area contributed by atoms with Gasteiger partial charge in [-0.25, -0.2) is 0 Å². The quantitative estimate of drug-likeness (QED) is 0.428. The van der Waals surface area contributed by atoms with Crippen LogP contribution in [-0.2, 0) is 20.0 Å². The Morgan fingerprint density at radius 3 is 1.17 bits per heavy atom. The summed E-state index contributed by atoms with van der Waals surface area (Å²) >= 11 is -2.86. The van der Waals surface area contributed by atoms with E-state index in [1.165, 1.54) is 22.3 Å². The van der Waals surface area contributed by atoms with Gasteiger partial charge < -0.3 is 24.8 Å². The molecule has 0 amide bonds. The molecule has 3 aliphatic rings. The van der Waals surface area contributed by atoms with Crippen LogP contribution in [0, 0.1) is 38.5 Å². The van der Waals surface area contributed by atoms with Gasteiger partial charge >= 0.3 is 208 Å². The first-order valence-corrected chi connectivity index (χ1v) is 22.1. The van der Waals surface area contributed by atoms with Crippen LogP contribution in [0.3, 0.4) is 0 Å². The molecule has 2 aromatic carbocycles. The van der Waals surface area contributed by atoms with Gasteiger partial charge in [0.2, 0.25) is 0 Å². The summed E-state index contributed by atoms with van der Waals surface area (Å²) in [6, 6.07) is 9.51. The average Bonchev–Trinajstić information content (AvgIpc) is 3.19. The Labute approximate surface area is 231 Å². The zero-order valence-corrected chi connectivity index (χ0v) is 28.4. The third-order valence-corrected chi connectivity index (χ3v) is 27.5. The van der Waals surface area contributed by atoms with Crippen LogP contribution in [0.5, 0.6) is 0 Å². The van der Waals surface area contributed by atoms with Crippen LogP contribution in [0.2, 0.25) is 8.35 Å². The van der Waals surface area contributed by atoms with Gasteiger partial charge in [-0.2, -0.15) is 0 Å². The van der Waals surface area contributed by atoms with Crippen molar-refractivity contribution in [3.8, 4) is 0 Å². The SMILES string of the molecule is Cc1ccc(C)c2c1C=C(C(C)(C)C)[CH]2[Hf+2]1([CH]2C(C(C)(C)C)=Cc3c(C)ccc(C)c32)[CH2][CH2]1.[Cl-].[Cl-]. The first kappa shape index (κ1) is 28.9. The predicted octanol–water partition coefficient (Wildman–Crippen LogP) is 3.60. The summed E-state index contributed by atoms with van der Waals surface area (Å²) in [5.41, 5.74) is 16.5. The third kappa shape index (κ3) is 4.40. The second kappa shape index (κ2) is 9.28. The molecule has 0 spiro atoms. The number of rotatable bonds is 2. The van der Waals surface area contributed by atoms with Crippen molar-refractivity contribution in [3.63, 3.8) is 0 Å². The number of benzene rings is 2. The Morgan fingerprint density at radius 2 is 0.886 bits per heavy atom. The molecule has 0 bridgehead atoms. The largest absolute Gasteiger partial charge is 1.00 e. The number of halogens is 2. The van der Waals surface area contributed by atoms with Gasteiger partial charge in [-0.1, -0.05) is 0 Å². The molecule has 188 valence electrons. The van der Waals surface area contributed by atoms with E-state index >= 15 is 0 Å². The van der Waals surface area contributed by atoms with Gasteiger partial charge in [0.1, 0.15) is 0 Å². The molecule has 0 radical (unpaired) electrons. The molecular formula is C32H42Cl2Hf. The van der Waals surface area contributed by atoms with Crippen LogP contribution >= 0.6 is 0 Å². The van der Waals surface area contributed by atoms with Gasteiger partial charge in [0.15, 0.2) is 0 Å². The normalized spacial score (nSPS) is 21.0. The Kier molecular flexibility index (Phi) is 7.67. The van der Waals surface area contributed by atoms with Crippen LogP contribution in [0.25, 0.3) is 12.2 Å². The summed E-state index contributed by atoms with van der Waals surface area (Å²) in [6.45, 7) is 24.2. The minimum atomic E-state index is -2.86. The van der Waals surface area contributed by atoms with E-state index in [2.05, 4.69) is 106 Å². The fourth-order valence-electron chi connectivity index (χ4n) is 7.03. The summed E-state index contributed by atoms with van der Waals surface area (Å²) in [4.78, 5) is 0. The van der Waals surface area contributed by atoms with E-state index in [1.807, 2.05) is 0 Å². The van der Waals surface area contributed by atoms with Crippen LogP contribution in [0.1, 0.15) is 93.4 Å². The van der Waals surface area contributed by atoms with E-state index < -0.39 is 20.0 Å². The molecule has 0 nitrogen and oxygen atoms in total. The average molecular weight is 676 g/mol. The van der Waals surface area contributed by atoms with E-state index in [-0.39, 0.29) is 35.6 Å². The van der Waals surface area contributed by atoms with Crippen LogP contribution in [0.4, 0.5) is 0 Å². The maximum atomic E-state index is 2.64. The maximum Gasteiger partial charge on any atom is -1.00 e. The van der Waals surface area contributed by atoms with Crippen molar-refractivity contribution in [2.24, 2.45) is 10.8 Å². The fraction of sp³-hybridized carbons (Fsp3) is 0.500. The molecule has 1 heterocycles. The van der Waals surface area contributed by atoms with Crippen LogP contribution in [0.15, 0.2) is 35.4 Å². The smallest absolute Gasteiger partial charge is 1.00 e. The van der Waals surface area contributed by atoms with Crippen LogP contribution in [-0.4, -0.2) is 0 Å². The van der Waals surface area contributed by atoms with E-state index in [0.717, 1.165) is 7.35 Å². The van der Waals surface area contributed by atoms with Gasteiger partial charge in [-0.3, -0.25) is 0 Å². The van der Waals surface area contributed by atoms with Crippen molar-refractivity contribution in [1.82, 2.24) is 0 Å². The monoisotopic (exact) mass is 676 g/mol. The molecule has 2 aliphatic carbocycles. The van der Waals surface area contributed by atoms with Gasteiger partial charge in [0.05, 0.1) is 0 Å². The second-order valence-electron chi connectivity index (χ2n) is 13.4. The molecule has 2 unspecified atom stereocenters. The Balaban J connectivity index is 0.00000171. The molecule has 0 saturated carbocycles. The number of hydrogen-bond acceptors (Lipinski definition) is 0. The summed E-state index contributed by atoms with van der Waals surface area (Å²) in [5, 5.41) is 0. The topological polar surface area (TPSA) is 0 Å². The molecule has 0 N–H and O–H groups in total. The van der Waals surface area contributed by atoms with Gasteiger partial charge in [0, 0.05) is 0 Å². The van der Waals surface area contributed by atoms with Crippen molar-refractivity contribution in [3.05, 3.63) is 79.9 Å². The summed E-state index contributed by atoms with van der Waals surface area (Å²) in [7, 11) is 0. The van der Waals surface area contributed by atoms with Gasteiger partial charge in [-0.05, 0) is 0 Å². The minimum absolute atomic E-state index is 0. The summed E-state index contributed by atoms with van der Waals surface area (Å²) in [5.74, 6) is 0. The van der Waals surface area contributed by atoms with Crippen molar-refractivity contribution < 1.29 is 44.8 Å². The zero-order valence-electron chi connectivity index (χ0n) is 23.3. The molecular weight excluding hydrogens is 634 g/mol. The Bertz CT molecular complexity index is 1140. The molecule has 1 fully saturated rings. The standard InChI is InChI=1S/2C15H19.C2H4.2ClH.Hf/c2*1-10-6-7-11(2)14-9-12(8-13(10)14)15(3,4)5;1-2;;;/h2*6-9H,1-5H3;1-2H2;2*1H;/q;;;;;+2/p-2. The molecule has 2 aromatic rings. The van der Waals surface area contributed by atoms with E-state index in [0.29, 0.717) is 0 Å². The predicted molar refractivity (Wildman–Crippen MR) is 142 cm³/mol. The number of allylic oxidation sites excluding steroid dienone is 2. The first-order chi connectivity index (χ1) is 15.3. The van der Waals surface area contributed by atoms with E-state index in [9.17, 15) is 0 Å². The van der Waals surface area contributed by atoms with Crippen LogP contribution < -0.4 is 24.8 Å². The minimum Gasteiger partial charge on any atom is -1.00 e. The fourth-order valence-corrected chi connectivity index (χ4v) is 36.9. The number of fused-ring (bicyclic) bond motifs is 2. The third-order valence-electron chi connectivity index (χ3n) is 8.95.